The molecule has 5 aromatic rings. The van der Waals surface area contributed by atoms with E-state index >= 15 is 8.78 Å². The number of rotatable bonds is 13. The minimum atomic E-state index is -3.59. The number of amides is 2. The fraction of sp³-hybridized carbons (Fsp3) is 0.440. The summed E-state index contributed by atoms with van der Waals surface area (Å²) >= 11 is 6.67. The number of nitrogens with zero attached hydrogens (tertiary/aromatic N) is 7. The van der Waals surface area contributed by atoms with Gasteiger partial charge in [-0.3, -0.25) is 24.0 Å². The highest BCUT2D eigenvalue weighted by Crippen LogP contribution is 2.68. The van der Waals surface area contributed by atoms with E-state index in [1.165, 1.54) is 15.6 Å². The summed E-state index contributed by atoms with van der Waals surface area (Å²) in [5.41, 5.74) is -1.55. The van der Waals surface area contributed by atoms with E-state index < -0.39 is 105 Å². The molecule has 72 heavy (non-hydrogen) atoms. The minimum Gasteiger partial charge on any atom is -0.447 e. The van der Waals surface area contributed by atoms with Gasteiger partial charge in [-0.2, -0.15) is 19.0 Å². The first-order valence-electron chi connectivity index (χ1n) is 22.7. The van der Waals surface area contributed by atoms with Crippen LogP contribution in [0.3, 0.4) is 0 Å². The van der Waals surface area contributed by atoms with Crippen LogP contribution in [0.2, 0.25) is 5.02 Å². The Labute approximate surface area is 415 Å². The van der Waals surface area contributed by atoms with Gasteiger partial charge >= 0.3 is 12.2 Å². The molecule has 2 aromatic carbocycles. The molecule has 4 aliphatic rings. The highest BCUT2D eigenvalue weighted by molar-refractivity contribution is 7.89. The van der Waals surface area contributed by atoms with Crippen molar-refractivity contribution >= 4 is 50.3 Å². The van der Waals surface area contributed by atoms with Crippen LogP contribution in [0.15, 0.2) is 42.5 Å². The summed E-state index contributed by atoms with van der Waals surface area (Å²) in [4.78, 5) is 45.5. The van der Waals surface area contributed by atoms with Crippen molar-refractivity contribution in [1.82, 2.24) is 34.3 Å². The van der Waals surface area contributed by atoms with Crippen molar-refractivity contribution in [3.8, 4) is 35.3 Å². The smallest absolute Gasteiger partial charge is 0.411 e. The maximum atomic E-state index is 15.5. The number of fused-ring (bicyclic) bond motifs is 4. The first kappa shape index (κ1) is 51.8. The average Bonchev–Trinajstić information content (AvgIpc) is 3.62. The van der Waals surface area contributed by atoms with Gasteiger partial charge in [0.1, 0.15) is 59.6 Å². The fourth-order valence-corrected chi connectivity index (χ4v) is 10.6. The second-order valence-electron chi connectivity index (χ2n) is 19.2. The lowest BCUT2D eigenvalue weighted by atomic mass is 9.86. The maximum Gasteiger partial charge on any atom is 0.411 e. The summed E-state index contributed by atoms with van der Waals surface area (Å²) < 4.78 is 125. The summed E-state index contributed by atoms with van der Waals surface area (Å²) in [6, 6.07) is 9.20. The molecule has 0 N–H and O–H groups in total. The molecule has 5 heterocycles. The standard InChI is InChI=1S/C42H37ClF6N6O5S.C8H11NO2/c1-41(2,54-11-12-60-40(54)57)10-9-25-5-6-27(28-7-8-31(43)34-32(20-61(4,58)59)51-53(3)37(28)34)35(50-25)22(13-21-14-23(44)17-24(45)15-21)16-26(56)19-55-38-33(36(52-55)39(46)47)29-18-30(29)42(38,48)49;1-4-8(2,3)9-5-6-11-7(9)10/h5-8,14-15,17,22,29-30,39H,11-13,16,18-20H2,1-4H3;1H,5-6H2,2-3H3/t22-,29+,30-;/m1./s1. The highest BCUT2D eigenvalue weighted by Gasteiger charge is 2.67. The van der Waals surface area contributed by atoms with Gasteiger partial charge in [-0.15, -0.1) is 6.42 Å². The molecule has 0 radical (unpaired) electrons. The van der Waals surface area contributed by atoms with Crippen molar-refractivity contribution in [2.75, 3.05) is 32.6 Å². The third kappa shape index (κ3) is 10.2. The van der Waals surface area contributed by atoms with Crippen LogP contribution in [0.4, 0.5) is 35.9 Å². The summed E-state index contributed by atoms with van der Waals surface area (Å²) in [7, 11) is -2.01. The van der Waals surface area contributed by atoms with E-state index in [4.69, 9.17) is 32.5 Å². The predicted octanol–water partition coefficient (Wildman–Crippen LogP) is 8.87. The van der Waals surface area contributed by atoms with Crippen LogP contribution in [0.25, 0.3) is 22.0 Å². The number of halogens is 7. The van der Waals surface area contributed by atoms with Crippen LogP contribution in [0, 0.1) is 41.7 Å². The normalized spacial score (nSPS) is 18.5. The lowest BCUT2D eigenvalue weighted by Crippen LogP contribution is -2.43. The Hall–Kier alpha value is -6.58. The molecule has 22 heteroatoms. The highest BCUT2D eigenvalue weighted by atomic mass is 35.5. The van der Waals surface area contributed by atoms with Crippen molar-refractivity contribution < 1.29 is 58.6 Å². The summed E-state index contributed by atoms with van der Waals surface area (Å²) in [6.07, 6.45) is 1.57. The predicted molar refractivity (Wildman–Crippen MR) is 252 cm³/mol. The van der Waals surface area contributed by atoms with Gasteiger partial charge in [0.05, 0.1) is 40.8 Å². The van der Waals surface area contributed by atoms with Gasteiger partial charge < -0.3 is 9.47 Å². The number of cyclic esters (lactones) is 2. The van der Waals surface area contributed by atoms with Gasteiger partial charge in [-0.1, -0.05) is 29.5 Å². The SMILES string of the molecule is C#CC(C)(C)N1CCOC1=O.Cn1nc(CS(C)(=O)=O)c2c(Cl)ccc(-c3ccc(C#CC(C)(C)N4CCOC4=O)nc3[C@@H](CC(=O)Cn3nc(C(F)F)c4c3C(F)(F)[C@@H]3C[C@H]43)Cc3cc(F)cc(F)c3)c21. The molecule has 14 nitrogen and oxygen atoms in total. The topological polar surface area (TPSA) is 159 Å². The van der Waals surface area contributed by atoms with Crippen molar-refractivity contribution in [2.45, 2.75) is 94.5 Å². The van der Waals surface area contributed by atoms with Gasteiger partial charge in [-0.25, -0.2) is 40.6 Å². The number of sulfone groups is 1. The summed E-state index contributed by atoms with van der Waals surface area (Å²) in [6.45, 7) is 7.75. The third-order valence-electron chi connectivity index (χ3n) is 13.1. The molecule has 0 spiro atoms. The number of carbonyl (C=O) groups is 3. The third-order valence-corrected chi connectivity index (χ3v) is 14.2. The monoisotopic (exact) mass is 1040 g/mol. The molecule has 0 unspecified atom stereocenters. The number of pyridine rings is 1. The molecule has 3 aromatic heterocycles. The molecule has 9 rings (SSSR count). The molecular weight excluding hydrogens is 992 g/mol. The van der Waals surface area contributed by atoms with Crippen molar-refractivity contribution in [1.29, 1.82) is 0 Å². The lowest BCUT2D eigenvalue weighted by Gasteiger charge is -2.27. The zero-order valence-electron chi connectivity index (χ0n) is 39.8. The molecule has 2 aliphatic carbocycles. The number of hydrogen-bond donors (Lipinski definition) is 0. The van der Waals surface area contributed by atoms with Gasteiger partial charge in [0.15, 0.2) is 15.6 Å². The number of ketones is 1. The van der Waals surface area contributed by atoms with Crippen LogP contribution >= 0.6 is 11.6 Å². The van der Waals surface area contributed by atoms with Crippen molar-refractivity contribution in [3.63, 3.8) is 0 Å². The maximum absolute atomic E-state index is 15.5. The van der Waals surface area contributed by atoms with E-state index in [1.54, 1.807) is 44.0 Å². The van der Waals surface area contributed by atoms with E-state index in [9.17, 15) is 40.4 Å². The molecule has 1 saturated carbocycles. The molecule has 0 bridgehead atoms. The number of hydrogen-bond acceptors (Lipinski definition) is 10. The minimum absolute atomic E-state index is 0.0307. The zero-order chi connectivity index (χ0) is 52.4. The summed E-state index contributed by atoms with van der Waals surface area (Å²) in [5, 5.41) is 8.79. The van der Waals surface area contributed by atoms with E-state index in [1.807, 2.05) is 13.8 Å². The lowest BCUT2D eigenvalue weighted by molar-refractivity contribution is -0.120. The van der Waals surface area contributed by atoms with Crippen LogP contribution < -0.4 is 0 Å². The molecule has 3 atom stereocenters. The van der Waals surface area contributed by atoms with Crippen LogP contribution in [0.5, 0.6) is 0 Å². The van der Waals surface area contributed by atoms with Crippen LogP contribution in [0.1, 0.15) is 98.4 Å². The van der Waals surface area contributed by atoms with E-state index in [0.29, 0.717) is 45.9 Å². The molecule has 2 amide bonds. The Balaban J connectivity index is 0.000000558. The Morgan fingerprint density at radius 3 is 2.15 bits per heavy atom. The number of aryl methyl sites for hydroxylation is 1. The Bertz CT molecular complexity index is 3250. The van der Waals surface area contributed by atoms with Gasteiger partial charge in [0, 0.05) is 59.7 Å². The summed E-state index contributed by atoms with van der Waals surface area (Å²) in [5.74, 6) is -0.914. The second kappa shape index (κ2) is 19.1. The largest absolute Gasteiger partial charge is 0.447 e. The first-order valence-corrected chi connectivity index (χ1v) is 25.1. The molecule has 2 saturated heterocycles. The van der Waals surface area contributed by atoms with Gasteiger partial charge in [0.25, 0.3) is 12.3 Å². The van der Waals surface area contributed by atoms with E-state index in [0.717, 1.165) is 18.4 Å². The molecular formula is C50H48ClF6N7O7S. The van der Waals surface area contributed by atoms with Crippen LogP contribution in [-0.2, 0) is 55.8 Å². The number of Topliss-reactive ketones (excluding diaryl/α,β-unsaturated/α-hetero) is 1. The second-order valence-corrected chi connectivity index (χ2v) is 21.8. The number of benzene rings is 2. The number of carbonyl (C=O) groups excluding carboxylic acids is 3. The molecule has 380 valence electrons. The number of aromatic nitrogens is 5. The Morgan fingerprint density at radius 2 is 1.57 bits per heavy atom. The van der Waals surface area contributed by atoms with E-state index in [-0.39, 0.29) is 65.3 Å². The number of alkyl halides is 4. The van der Waals surface area contributed by atoms with Gasteiger partial charge in [-0.05, 0) is 88.3 Å². The fourth-order valence-electron chi connectivity index (χ4n) is 9.64. The Kier molecular flexibility index (Phi) is 13.7. The molecule has 3 fully saturated rings. The first-order chi connectivity index (χ1) is 33.7. The quantitative estimate of drug-likeness (QED) is 0.0824. The molecule has 2 aliphatic heterocycles. The average molecular weight is 1040 g/mol. The van der Waals surface area contributed by atoms with Crippen LogP contribution in [-0.4, -0.2) is 104 Å². The zero-order valence-corrected chi connectivity index (χ0v) is 41.4. The van der Waals surface area contributed by atoms with Crippen molar-refractivity contribution in [3.05, 3.63) is 98.7 Å². The van der Waals surface area contributed by atoms with Gasteiger partial charge in [0.2, 0.25) is 0 Å². The van der Waals surface area contributed by atoms with Crippen molar-refractivity contribution in [2.24, 2.45) is 13.0 Å². The van der Waals surface area contributed by atoms with E-state index in [2.05, 4.69) is 28.0 Å². The number of terminal acetylenes is 1. The Morgan fingerprint density at radius 1 is 0.944 bits per heavy atom. The number of ether oxygens (including phenoxy) is 2.